The van der Waals surface area contributed by atoms with Crippen molar-refractivity contribution in [1.82, 2.24) is 0 Å². The minimum absolute atomic E-state index is 0.635. The summed E-state index contributed by atoms with van der Waals surface area (Å²) in [6.07, 6.45) is 2.52. The summed E-state index contributed by atoms with van der Waals surface area (Å²) < 4.78 is 0. The van der Waals surface area contributed by atoms with Gasteiger partial charge < -0.3 is 5.73 Å². The quantitative estimate of drug-likeness (QED) is 0.542. The first-order chi connectivity index (χ1) is 3.81. The molecule has 0 unspecified atom stereocenters. The molecule has 0 radical (unpaired) electrons. The Morgan fingerprint density at radius 2 is 2.50 bits per heavy atom. The molecule has 0 spiro atoms. The number of hydrogen-bond acceptors (Lipinski definition) is 2. The van der Waals surface area contributed by atoms with Gasteiger partial charge in [0.2, 0.25) is 0 Å². The summed E-state index contributed by atoms with van der Waals surface area (Å²) in [4.78, 5) is 3.91. The van der Waals surface area contributed by atoms with Crippen LogP contribution in [0.4, 0.5) is 0 Å². The van der Waals surface area contributed by atoms with Gasteiger partial charge in [0.05, 0.1) is 0 Å². The van der Waals surface area contributed by atoms with E-state index < -0.39 is 0 Å². The SMILES string of the molecule is C=C(CCN)N=CC. The number of hydrogen-bond donors (Lipinski definition) is 1. The Hall–Kier alpha value is -0.630. The van der Waals surface area contributed by atoms with E-state index in [9.17, 15) is 0 Å². The van der Waals surface area contributed by atoms with Gasteiger partial charge >= 0.3 is 0 Å². The van der Waals surface area contributed by atoms with Crippen LogP contribution in [0.2, 0.25) is 0 Å². The van der Waals surface area contributed by atoms with Gasteiger partial charge in [0.1, 0.15) is 0 Å². The first-order valence-corrected chi connectivity index (χ1v) is 2.67. The predicted octanol–water partition coefficient (Wildman–Crippen LogP) is 0.940. The lowest BCUT2D eigenvalue weighted by Crippen LogP contribution is -1.98. The van der Waals surface area contributed by atoms with E-state index in [1.165, 1.54) is 0 Å². The summed E-state index contributed by atoms with van der Waals surface area (Å²) in [7, 11) is 0. The number of nitrogens with zero attached hydrogens (tertiary/aromatic N) is 1. The first kappa shape index (κ1) is 7.37. The van der Waals surface area contributed by atoms with Crippen molar-refractivity contribution in [3.8, 4) is 0 Å². The van der Waals surface area contributed by atoms with Crippen LogP contribution in [-0.2, 0) is 0 Å². The van der Waals surface area contributed by atoms with Crippen molar-refractivity contribution in [1.29, 1.82) is 0 Å². The molecule has 0 heterocycles. The maximum absolute atomic E-state index is 5.22. The molecular weight excluding hydrogens is 100 g/mol. The standard InChI is InChI=1S/C6H12N2/c1-3-8-6(2)4-5-7/h3H,2,4-5,7H2,1H3. The van der Waals surface area contributed by atoms with Gasteiger partial charge in [0.15, 0.2) is 0 Å². The normalized spacial score (nSPS) is 10.2. The van der Waals surface area contributed by atoms with E-state index in [0.29, 0.717) is 6.54 Å². The average molecular weight is 112 g/mol. The van der Waals surface area contributed by atoms with E-state index in [-0.39, 0.29) is 0 Å². The van der Waals surface area contributed by atoms with E-state index in [2.05, 4.69) is 11.6 Å². The molecule has 0 fully saturated rings. The van der Waals surface area contributed by atoms with Crippen molar-refractivity contribution in [2.24, 2.45) is 10.7 Å². The molecule has 2 heteroatoms. The molecule has 8 heavy (non-hydrogen) atoms. The van der Waals surface area contributed by atoms with E-state index in [4.69, 9.17) is 5.73 Å². The van der Waals surface area contributed by atoms with Crippen LogP contribution >= 0.6 is 0 Å². The summed E-state index contributed by atoms with van der Waals surface area (Å²) in [5.74, 6) is 0. The Morgan fingerprint density at radius 3 is 2.88 bits per heavy atom. The molecular formula is C6H12N2. The highest BCUT2D eigenvalue weighted by Gasteiger charge is 1.82. The predicted molar refractivity (Wildman–Crippen MR) is 37.0 cm³/mol. The molecule has 0 aliphatic heterocycles. The van der Waals surface area contributed by atoms with E-state index in [1.54, 1.807) is 6.21 Å². The molecule has 0 bridgehead atoms. The first-order valence-electron chi connectivity index (χ1n) is 2.67. The zero-order chi connectivity index (χ0) is 6.41. The van der Waals surface area contributed by atoms with Crippen LogP contribution in [-0.4, -0.2) is 12.8 Å². The average Bonchev–Trinajstić information content (AvgIpc) is 1.68. The van der Waals surface area contributed by atoms with Gasteiger partial charge in [0, 0.05) is 18.3 Å². The summed E-state index contributed by atoms with van der Waals surface area (Å²) in [5.41, 5.74) is 6.08. The molecule has 2 N–H and O–H groups in total. The third-order valence-corrected chi connectivity index (χ3v) is 0.745. The van der Waals surface area contributed by atoms with Crippen molar-refractivity contribution >= 4 is 6.21 Å². The van der Waals surface area contributed by atoms with Gasteiger partial charge in [-0.2, -0.15) is 0 Å². The minimum atomic E-state index is 0.635. The lowest BCUT2D eigenvalue weighted by Gasteiger charge is -1.91. The van der Waals surface area contributed by atoms with Gasteiger partial charge in [-0.05, 0) is 13.5 Å². The van der Waals surface area contributed by atoms with Crippen molar-refractivity contribution in [2.75, 3.05) is 6.54 Å². The lowest BCUT2D eigenvalue weighted by atomic mass is 10.3. The fourth-order valence-corrected chi connectivity index (χ4v) is 0.414. The lowest BCUT2D eigenvalue weighted by molar-refractivity contribution is 0.942. The Kier molecular flexibility index (Phi) is 4.17. The Balaban J connectivity index is 3.33. The monoisotopic (exact) mass is 112 g/mol. The van der Waals surface area contributed by atoms with Crippen LogP contribution in [0, 0.1) is 0 Å². The minimum Gasteiger partial charge on any atom is -0.330 e. The maximum Gasteiger partial charge on any atom is 0.0340 e. The summed E-state index contributed by atoms with van der Waals surface area (Å²) >= 11 is 0. The number of nitrogens with two attached hydrogens (primary N) is 1. The molecule has 0 saturated heterocycles. The molecule has 0 aliphatic carbocycles. The van der Waals surface area contributed by atoms with Gasteiger partial charge in [0.25, 0.3) is 0 Å². The van der Waals surface area contributed by atoms with Crippen LogP contribution < -0.4 is 5.73 Å². The molecule has 0 aromatic rings. The van der Waals surface area contributed by atoms with Crippen LogP contribution in [0.15, 0.2) is 17.3 Å². The molecule has 0 rings (SSSR count). The Morgan fingerprint density at radius 1 is 1.88 bits per heavy atom. The second kappa shape index (κ2) is 4.53. The van der Waals surface area contributed by atoms with E-state index in [1.807, 2.05) is 6.92 Å². The van der Waals surface area contributed by atoms with Gasteiger partial charge in [-0.1, -0.05) is 6.58 Å². The van der Waals surface area contributed by atoms with Gasteiger partial charge in [-0.25, -0.2) is 0 Å². The molecule has 0 aromatic carbocycles. The zero-order valence-corrected chi connectivity index (χ0v) is 5.22. The topological polar surface area (TPSA) is 38.4 Å². The highest BCUT2D eigenvalue weighted by Crippen LogP contribution is 1.94. The molecule has 0 atom stereocenters. The number of aliphatic imine (C=N–C) groups is 1. The summed E-state index contributed by atoms with van der Waals surface area (Å²) in [5, 5.41) is 0. The second-order valence-corrected chi connectivity index (χ2v) is 1.49. The smallest absolute Gasteiger partial charge is 0.0340 e. The molecule has 0 saturated carbocycles. The molecule has 0 aliphatic rings. The summed E-state index contributed by atoms with van der Waals surface area (Å²) in [6, 6.07) is 0. The van der Waals surface area contributed by atoms with Crippen LogP contribution in [0.1, 0.15) is 13.3 Å². The van der Waals surface area contributed by atoms with Crippen molar-refractivity contribution in [3.05, 3.63) is 12.3 Å². The third kappa shape index (κ3) is 3.56. The van der Waals surface area contributed by atoms with Crippen LogP contribution in [0.3, 0.4) is 0 Å². The van der Waals surface area contributed by atoms with Crippen molar-refractivity contribution in [3.63, 3.8) is 0 Å². The zero-order valence-electron chi connectivity index (χ0n) is 5.22. The van der Waals surface area contributed by atoms with Crippen LogP contribution in [0.5, 0.6) is 0 Å². The molecule has 0 amide bonds. The highest BCUT2D eigenvalue weighted by molar-refractivity contribution is 5.54. The van der Waals surface area contributed by atoms with Gasteiger partial charge in [-0.15, -0.1) is 0 Å². The molecule has 46 valence electrons. The molecule has 2 nitrogen and oxygen atoms in total. The fraction of sp³-hybridized carbons (Fsp3) is 0.500. The fourth-order valence-electron chi connectivity index (χ4n) is 0.414. The number of rotatable bonds is 3. The van der Waals surface area contributed by atoms with Gasteiger partial charge in [-0.3, -0.25) is 4.99 Å². The van der Waals surface area contributed by atoms with E-state index >= 15 is 0 Å². The Bertz CT molecular complexity index is 94.7. The summed E-state index contributed by atoms with van der Waals surface area (Å²) in [6.45, 7) is 6.15. The van der Waals surface area contributed by atoms with Crippen molar-refractivity contribution in [2.45, 2.75) is 13.3 Å². The Labute approximate surface area is 50.1 Å². The second-order valence-electron chi connectivity index (χ2n) is 1.49. The molecule has 0 aromatic heterocycles. The van der Waals surface area contributed by atoms with E-state index in [0.717, 1.165) is 12.1 Å². The van der Waals surface area contributed by atoms with Crippen LogP contribution in [0.25, 0.3) is 0 Å². The largest absolute Gasteiger partial charge is 0.330 e. The maximum atomic E-state index is 5.22. The highest BCUT2D eigenvalue weighted by atomic mass is 14.7. The third-order valence-electron chi connectivity index (χ3n) is 0.745. The van der Waals surface area contributed by atoms with Crippen molar-refractivity contribution < 1.29 is 0 Å².